The SMILES string of the molecule is C#CC#CC#CC#CC#CC#CC#CC#CC#CC#CC#C[N+]1=C(/C=C/C=C/N(C(C)=O)c2ccccc2)C(C)(C)c2ccccc21.C#CC#CC#CC#CC#CC#CC#CC#CC#CC#CC#C[N+]1=C(C)C(C)(C)c2ccccc21.C(CC=Nc1ccccc1)=Nc1ccccc1.Cl.[HH].[HH].[HH].[HH].[HH].[HH].[HH].[HH].[HH].[HH].[HH].[HH].[HH].[HH].[HH].[HH].[HH].[HH].[HH].[HH].[HH].[HH].[HH].[HH].[HH].[HH].[HH].[HH].[HH].[HH].[HH].[HH].[HH].[HH].[HH].[HH].[HH].[HH].[HH].[HH].[HH].[HH].[HH].[HH].[I-].[I-]. The smallest absolute Gasteiger partial charge is 0.243 e. The standard InChI is InChI=1S/C44H23N2O.C33H14N.C15H14N2.ClH.2HI.44H2/c1-5-6-7-8-9-10-11-12-13-14-15-16-17-18-19-20-21-22-23-30-38-46-42-35-28-27-34-41(42)44(3,4)43(46)36-29-31-37-45(39(2)47)40-32-25-24-26-33-40;1-5-6-7-8-9-10-11-12-13-14-15-16-17-18-19-20-21-22-23-26-29-34-30(2)33(3,4)31-27-24-25-28-32(31)34;1-3-8-14(9-4-1)16-12-7-13-17-15-10-5-2-6-11-15;;;;;;;;;;;;;;;;;;;;;;;;;;;;;;;;;;;;;;;;;;;;;;;/h1,24-29,31-37H,2-4H3;1,24-25,27-28H,2-4H3;1-6,8-13H,7H2;47*1H/q2*+1;;;;;;;;;;;;;;;;;;;;;;;;;;;;;;;;;;;;;;;;;;;;;;;;/p-2. The number of benzene rings is 5. The topological polar surface area (TPSA) is 51.0 Å². The lowest BCUT2D eigenvalue weighted by Gasteiger charge is -2.16. The van der Waals surface area contributed by atoms with Gasteiger partial charge in [-0.15, -0.1) is 34.4 Å². The highest BCUT2D eigenvalue weighted by Crippen LogP contribution is 2.40. The maximum atomic E-state index is 12.2. The molecule has 0 N–H and O–H groups in total. The lowest BCUT2D eigenvalue weighted by Crippen LogP contribution is -3.00. The predicted octanol–water partition coefficient (Wildman–Crippen LogP) is 17.0. The molecule has 9 heteroatoms. The van der Waals surface area contributed by atoms with E-state index in [1.165, 1.54) is 12.5 Å². The van der Waals surface area contributed by atoms with Gasteiger partial charge in [-0.3, -0.25) is 19.7 Å². The number of nitrogens with zero attached hydrogens (tertiary/aromatic N) is 5. The largest absolute Gasteiger partial charge is 1.00 e. The number of rotatable bonds is 8. The van der Waals surface area contributed by atoms with Crippen molar-refractivity contribution in [3.05, 3.63) is 175 Å². The molecule has 101 heavy (non-hydrogen) atoms. The van der Waals surface area contributed by atoms with E-state index in [-0.39, 0.29) is 140 Å². The van der Waals surface area contributed by atoms with E-state index in [0.717, 1.165) is 51.8 Å². The van der Waals surface area contributed by atoms with Crippen LogP contribution < -0.4 is 52.9 Å². The van der Waals surface area contributed by atoms with E-state index in [4.69, 9.17) is 12.8 Å². The Morgan fingerprint density at radius 1 is 0.416 bits per heavy atom. The summed E-state index contributed by atoms with van der Waals surface area (Å²) in [5.41, 5.74) is 8.99. The van der Waals surface area contributed by atoms with E-state index >= 15 is 0 Å². The molecule has 5 aromatic rings. The minimum atomic E-state index is -0.308. The van der Waals surface area contributed by atoms with Crippen molar-refractivity contribution in [1.82, 2.24) is 0 Å². The van der Waals surface area contributed by atoms with Crippen LogP contribution in [0.4, 0.5) is 28.4 Å². The molecule has 0 bridgehead atoms. The van der Waals surface area contributed by atoms with Crippen LogP contribution in [0.15, 0.2) is 174 Å². The molecule has 0 radical (unpaired) electrons. The first-order chi connectivity index (χ1) is 48.0. The van der Waals surface area contributed by atoms with E-state index in [2.05, 4.69) is 312 Å². The first-order valence-corrected chi connectivity index (χ1v) is 29.3. The number of halogens is 3. The van der Waals surface area contributed by atoms with Gasteiger partial charge in [0.25, 0.3) is 0 Å². The zero-order valence-corrected chi connectivity index (χ0v) is 60.5. The minimum Gasteiger partial charge on any atom is -1.00 e. The van der Waals surface area contributed by atoms with Crippen LogP contribution in [0, 0.1) is 262 Å². The van der Waals surface area contributed by atoms with Crippen molar-refractivity contribution in [2.75, 3.05) is 4.90 Å². The van der Waals surface area contributed by atoms with E-state index in [0.29, 0.717) is 0 Å². The van der Waals surface area contributed by atoms with E-state index in [9.17, 15) is 4.79 Å². The summed E-state index contributed by atoms with van der Waals surface area (Å²) >= 11 is 0. The average Bonchev–Trinajstić information content (AvgIpc) is 1.64. The van der Waals surface area contributed by atoms with Crippen LogP contribution in [0.5, 0.6) is 0 Å². The fourth-order valence-electron chi connectivity index (χ4n) is 8.08. The lowest BCUT2D eigenvalue weighted by atomic mass is 9.81. The number of aliphatic imine (C=N–C) groups is 2. The molecule has 0 aliphatic carbocycles. The van der Waals surface area contributed by atoms with Crippen LogP contribution in [-0.4, -0.2) is 38.9 Å². The molecule has 0 saturated heterocycles. The van der Waals surface area contributed by atoms with Gasteiger partial charge in [-0.2, -0.15) is 0 Å². The van der Waals surface area contributed by atoms with Crippen molar-refractivity contribution >= 4 is 70.6 Å². The summed E-state index contributed by atoms with van der Waals surface area (Å²) in [4.78, 5) is 22.5. The van der Waals surface area contributed by atoms with E-state index < -0.39 is 0 Å². The molecular weight excluding hydrogens is 1480 g/mol. The first-order valence-electron chi connectivity index (χ1n) is 29.3. The zero-order valence-electron chi connectivity index (χ0n) is 55.4. The molecule has 560 valence electrons. The maximum Gasteiger partial charge on any atom is 0.243 e. The highest BCUT2D eigenvalue weighted by molar-refractivity contribution is 6.03. The molecule has 0 atom stereocenters. The Morgan fingerprint density at radius 2 is 0.713 bits per heavy atom. The van der Waals surface area contributed by atoms with Crippen molar-refractivity contribution in [3.63, 3.8) is 0 Å². The third kappa shape index (κ3) is 31.3. The fourth-order valence-corrected chi connectivity index (χ4v) is 8.08. The van der Waals surface area contributed by atoms with Gasteiger partial charge in [-0.1, -0.05) is 97.1 Å². The van der Waals surface area contributed by atoms with Crippen LogP contribution in [-0.2, 0) is 15.6 Å². The maximum absolute atomic E-state index is 12.2. The van der Waals surface area contributed by atoms with Gasteiger partial charge in [0, 0.05) is 267 Å². The van der Waals surface area contributed by atoms with Crippen molar-refractivity contribution in [1.29, 1.82) is 0 Å². The quantitative estimate of drug-likeness (QED) is 0.0502. The van der Waals surface area contributed by atoms with Gasteiger partial charge in [0.05, 0.1) is 34.0 Å². The third-order valence-corrected chi connectivity index (χ3v) is 12.7. The van der Waals surface area contributed by atoms with Crippen molar-refractivity contribution < 1.29 is 125 Å². The highest BCUT2D eigenvalue weighted by Gasteiger charge is 2.44. The summed E-state index contributed by atoms with van der Waals surface area (Å²) in [7, 11) is 0. The number of carbonyl (C=O) groups excluding carboxylic acids is 1. The number of para-hydroxylation sites is 5. The van der Waals surface area contributed by atoms with Gasteiger partial charge >= 0.3 is 0 Å². The Kier molecular flexibility index (Phi) is 41.2. The summed E-state index contributed by atoms with van der Waals surface area (Å²) in [6.45, 7) is 12.3. The second kappa shape index (κ2) is 50.3. The Balaban J connectivity index is -0.0000000238. The fraction of sp³-hybridized carbons (Fsp3) is 0.0978. The number of hydrogen-bond donors (Lipinski definition) is 0. The van der Waals surface area contributed by atoms with Crippen LogP contribution >= 0.6 is 12.4 Å². The van der Waals surface area contributed by atoms with Gasteiger partial charge in [-0.05, 0) is 165 Å². The number of terminal acetylenes is 2. The number of amides is 1. The van der Waals surface area contributed by atoms with Crippen molar-refractivity contribution in [2.24, 2.45) is 9.98 Å². The summed E-state index contributed by atoms with van der Waals surface area (Å²) in [6.07, 6.45) is 21.9. The monoisotopic (exact) mass is 1620 g/mol. The van der Waals surface area contributed by atoms with E-state index in [1.54, 1.807) is 11.1 Å². The Labute approximate surface area is 703 Å². The van der Waals surface area contributed by atoms with Crippen molar-refractivity contribution in [3.8, 4) is 262 Å². The summed E-state index contributed by atoms with van der Waals surface area (Å²) < 4.78 is 3.91. The first kappa shape index (κ1) is 82.9. The number of allylic oxidation sites excluding steroid dienone is 3. The molecule has 0 saturated carbocycles. The number of carbonyl (C=O) groups is 1. The predicted molar refractivity (Wildman–Crippen MR) is 500 cm³/mol. The Morgan fingerprint density at radius 3 is 1.07 bits per heavy atom. The molecule has 2 heterocycles. The Hall–Kier alpha value is -14.2. The number of fused-ring (bicyclic) bond motifs is 2. The normalized spacial score (nSPS) is 10.0. The summed E-state index contributed by atoms with van der Waals surface area (Å²) in [6, 6.07) is 51.9. The van der Waals surface area contributed by atoms with Crippen LogP contribution in [0.2, 0.25) is 0 Å². The Bertz CT molecular complexity index is 5700. The molecule has 0 aromatic heterocycles. The number of hydrogen-bond acceptors (Lipinski definition) is 3. The molecule has 2 aliphatic rings. The minimum absolute atomic E-state index is 0. The van der Waals surface area contributed by atoms with Gasteiger partial charge in [-0.25, -0.2) is 0 Å². The second-order valence-corrected chi connectivity index (χ2v) is 19.6. The van der Waals surface area contributed by atoms with E-state index in [1.807, 2.05) is 161 Å². The van der Waals surface area contributed by atoms with Crippen molar-refractivity contribution in [2.45, 2.75) is 58.8 Å². The van der Waals surface area contributed by atoms with Gasteiger partial charge in [0.1, 0.15) is 0 Å². The molecule has 0 unspecified atom stereocenters. The third-order valence-electron chi connectivity index (χ3n) is 12.7. The highest BCUT2D eigenvalue weighted by atomic mass is 127. The number of anilines is 1. The zero-order chi connectivity index (χ0) is 69.8. The molecule has 6 nitrogen and oxygen atoms in total. The average molecular weight is 1620 g/mol. The molecule has 0 fully saturated rings. The molecule has 2 aliphatic heterocycles. The van der Waals surface area contributed by atoms with Crippen LogP contribution in [0.25, 0.3) is 0 Å². The molecule has 7 rings (SSSR count). The lowest BCUT2D eigenvalue weighted by molar-refractivity contribution is -0.334. The second-order valence-electron chi connectivity index (χ2n) is 19.6. The summed E-state index contributed by atoms with van der Waals surface area (Å²) in [5, 5.41) is 0. The van der Waals surface area contributed by atoms with Gasteiger partial charge in [0.2, 0.25) is 35.1 Å². The van der Waals surface area contributed by atoms with Gasteiger partial charge in [0.15, 0.2) is 5.71 Å². The van der Waals surface area contributed by atoms with Crippen LogP contribution in [0.3, 0.4) is 0 Å². The van der Waals surface area contributed by atoms with Gasteiger partial charge < -0.3 is 48.0 Å². The molecular formula is C92H140ClI2N5O. The molecule has 5 aromatic carbocycles. The van der Waals surface area contributed by atoms with Crippen LogP contribution in [0.1, 0.15) is 122 Å². The molecule has 1 amide bonds. The summed E-state index contributed by atoms with van der Waals surface area (Å²) in [5.74, 6) is 101. The molecule has 0 spiro atoms.